The average molecular weight is 536 g/mol. The number of hydrogen-bond donors (Lipinski definition) is 2. The Morgan fingerprint density at radius 3 is 2.59 bits per heavy atom. The third kappa shape index (κ3) is 8.29. The van der Waals surface area contributed by atoms with Crippen LogP contribution in [0.15, 0.2) is 48.5 Å². The van der Waals surface area contributed by atoms with Crippen molar-refractivity contribution in [2.24, 2.45) is 11.8 Å². The number of aliphatic hydroxyl groups is 1. The van der Waals surface area contributed by atoms with E-state index in [4.69, 9.17) is 4.74 Å². The van der Waals surface area contributed by atoms with E-state index in [0.29, 0.717) is 18.0 Å². The van der Waals surface area contributed by atoms with Crippen molar-refractivity contribution in [3.63, 3.8) is 0 Å². The Bertz CT molecular complexity index is 1090. The first kappa shape index (κ1) is 29.1. The summed E-state index contributed by atoms with van der Waals surface area (Å²) in [5.74, 6) is 1.34. The number of carbonyl (C=O) groups excluding carboxylic acids is 2. The maximum Gasteiger partial charge on any atom is 0.228 e. The highest BCUT2D eigenvalue weighted by atomic mass is 16.5. The molecule has 1 aliphatic carbocycles. The van der Waals surface area contributed by atoms with Gasteiger partial charge in [0.05, 0.1) is 25.5 Å². The van der Waals surface area contributed by atoms with Crippen LogP contribution in [-0.2, 0) is 22.4 Å². The standard InChI is InChI=1S/C32H45N3O4/c1-23-19-35(24(2)22-36)32(38)18-27-17-28(33-31(37)16-25-10-6-4-7-11-25)14-15-29(27)39-30(23)21-34(3)20-26-12-8-5-9-13-26/h4,6-7,10-11,14-15,17,23-24,26,30,36H,5,8-9,12-13,16,18-22H2,1-3H3,(H,33,37)/t23-,24+,30-/m1/s1. The van der Waals surface area contributed by atoms with Gasteiger partial charge in [0.1, 0.15) is 11.9 Å². The topological polar surface area (TPSA) is 82.1 Å². The number of hydrogen-bond acceptors (Lipinski definition) is 5. The molecule has 7 heteroatoms. The van der Waals surface area contributed by atoms with Crippen LogP contribution in [0.3, 0.4) is 0 Å². The Hall–Kier alpha value is -2.90. The van der Waals surface area contributed by atoms with E-state index in [9.17, 15) is 14.7 Å². The van der Waals surface area contributed by atoms with Crippen molar-refractivity contribution in [3.8, 4) is 5.75 Å². The fraction of sp³-hybridized carbons (Fsp3) is 0.562. The van der Waals surface area contributed by atoms with Crippen LogP contribution in [0.5, 0.6) is 5.75 Å². The van der Waals surface area contributed by atoms with E-state index < -0.39 is 0 Å². The summed E-state index contributed by atoms with van der Waals surface area (Å²) in [5, 5.41) is 12.9. The van der Waals surface area contributed by atoms with Crippen LogP contribution < -0.4 is 10.1 Å². The van der Waals surface area contributed by atoms with Gasteiger partial charge in [-0.25, -0.2) is 0 Å². The zero-order valence-corrected chi connectivity index (χ0v) is 23.8. The predicted octanol–water partition coefficient (Wildman–Crippen LogP) is 4.53. The molecule has 0 aromatic heterocycles. The molecule has 0 unspecified atom stereocenters. The number of benzene rings is 2. The van der Waals surface area contributed by atoms with Gasteiger partial charge in [-0.2, -0.15) is 0 Å². The lowest BCUT2D eigenvalue weighted by Gasteiger charge is -2.35. The SMILES string of the molecule is C[C@@H]1CN([C@@H](C)CO)C(=O)Cc2cc(NC(=O)Cc3ccccc3)ccc2O[C@@H]1CN(C)CC1CCCCC1. The van der Waals surface area contributed by atoms with E-state index in [1.807, 2.05) is 55.5 Å². The van der Waals surface area contributed by atoms with Crippen molar-refractivity contribution in [1.29, 1.82) is 0 Å². The molecule has 1 saturated carbocycles. The first-order chi connectivity index (χ1) is 18.8. The zero-order chi connectivity index (χ0) is 27.8. The van der Waals surface area contributed by atoms with Gasteiger partial charge in [0, 0.05) is 36.8 Å². The molecule has 1 heterocycles. The lowest BCUT2D eigenvalue weighted by atomic mass is 9.89. The molecule has 2 N–H and O–H groups in total. The summed E-state index contributed by atoms with van der Waals surface area (Å²) in [4.78, 5) is 30.3. The second-order valence-corrected chi connectivity index (χ2v) is 11.6. The molecule has 4 rings (SSSR count). The monoisotopic (exact) mass is 535 g/mol. The van der Waals surface area contributed by atoms with Crippen molar-refractivity contribution in [1.82, 2.24) is 9.80 Å². The van der Waals surface area contributed by atoms with Gasteiger partial charge in [-0.15, -0.1) is 0 Å². The van der Waals surface area contributed by atoms with Crippen molar-refractivity contribution >= 4 is 17.5 Å². The smallest absolute Gasteiger partial charge is 0.228 e. The molecule has 0 spiro atoms. The molecule has 2 aliphatic rings. The molecular formula is C32H45N3O4. The summed E-state index contributed by atoms with van der Waals surface area (Å²) >= 11 is 0. The molecule has 2 aromatic rings. The summed E-state index contributed by atoms with van der Waals surface area (Å²) < 4.78 is 6.66. The lowest BCUT2D eigenvalue weighted by molar-refractivity contribution is -0.134. The molecule has 2 amide bonds. The number of aliphatic hydroxyl groups excluding tert-OH is 1. The summed E-state index contributed by atoms with van der Waals surface area (Å²) in [6, 6.07) is 14.9. The Morgan fingerprint density at radius 1 is 1.13 bits per heavy atom. The second kappa shape index (κ2) is 13.9. The van der Waals surface area contributed by atoms with Crippen molar-refractivity contribution in [3.05, 3.63) is 59.7 Å². The van der Waals surface area contributed by atoms with Crippen LogP contribution in [0, 0.1) is 11.8 Å². The Kier molecular flexibility index (Phi) is 10.4. The number of fused-ring (bicyclic) bond motifs is 1. The van der Waals surface area contributed by atoms with E-state index in [0.717, 1.165) is 30.1 Å². The van der Waals surface area contributed by atoms with Crippen LogP contribution in [-0.4, -0.2) is 72.2 Å². The molecule has 1 aliphatic heterocycles. The van der Waals surface area contributed by atoms with Gasteiger partial charge < -0.3 is 25.0 Å². The molecule has 0 radical (unpaired) electrons. The highest BCUT2D eigenvalue weighted by molar-refractivity contribution is 5.92. The molecule has 212 valence electrons. The number of nitrogens with zero attached hydrogens (tertiary/aromatic N) is 2. The van der Waals surface area contributed by atoms with Gasteiger partial charge in [-0.1, -0.05) is 56.5 Å². The van der Waals surface area contributed by atoms with Gasteiger partial charge in [-0.3, -0.25) is 9.59 Å². The second-order valence-electron chi connectivity index (χ2n) is 11.6. The quantitative estimate of drug-likeness (QED) is 0.493. The number of amides is 2. The Balaban J connectivity index is 1.53. The van der Waals surface area contributed by atoms with Crippen LogP contribution in [0.2, 0.25) is 0 Å². The normalized spacial score (nSPS) is 21.4. The van der Waals surface area contributed by atoms with Gasteiger partial charge in [-0.05, 0) is 56.5 Å². The molecule has 39 heavy (non-hydrogen) atoms. The summed E-state index contributed by atoms with van der Waals surface area (Å²) in [5.41, 5.74) is 2.34. The van der Waals surface area contributed by atoms with Gasteiger partial charge in [0.25, 0.3) is 0 Å². The van der Waals surface area contributed by atoms with Gasteiger partial charge in [0.2, 0.25) is 11.8 Å². The van der Waals surface area contributed by atoms with Crippen molar-refractivity contribution < 1.29 is 19.4 Å². The minimum Gasteiger partial charge on any atom is -0.488 e. The number of carbonyl (C=O) groups is 2. The van der Waals surface area contributed by atoms with E-state index >= 15 is 0 Å². The lowest BCUT2D eigenvalue weighted by Crippen LogP contribution is -2.48. The number of nitrogens with one attached hydrogen (secondary N) is 1. The summed E-state index contributed by atoms with van der Waals surface area (Å²) in [6.07, 6.45) is 6.90. The molecule has 3 atom stereocenters. The fourth-order valence-electron chi connectivity index (χ4n) is 5.90. The predicted molar refractivity (Wildman–Crippen MR) is 155 cm³/mol. The first-order valence-corrected chi connectivity index (χ1v) is 14.5. The van der Waals surface area contributed by atoms with E-state index in [1.54, 1.807) is 4.90 Å². The first-order valence-electron chi connectivity index (χ1n) is 14.5. The number of anilines is 1. The highest BCUT2D eigenvalue weighted by Gasteiger charge is 2.31. The maximum atomic E-state index is 13.5. The van der Waals surface area contributed by atoms with E-state index in [1.165, 1.54) is 32.1 Å². The number of likely N-dealkylation sites (N-methyl/N-ethyl adjacent to an activating group) is 1. The van der Waals surface area contributed by atoms with Crippen LogP contribution in [0.25, 0.3) is 0 Å². The molecule has 0 saturated heterocycles. The minimum atomic E-state index is -0.282. The maximum absolute atomic E-state index is 13.5. The van der Waals surface area contributed by atoms with Gasteiger partial charge in [0.15, 0.2) is 0 Å². The van der Waals surface area contributed by atoms with Gasteiger partial charge >= 0.3 is 0 Å². The largest absolute Gasteiger partial charge is 0.488 e. The van der Waals surface area contributed by atoms with Crippen LogP contribution in [0.1, 0.15) is 57.1 Å². The molecule has 0 bridgehead atoms. The Labute approximate surface area is 233 Å². The third-order valence-electron chi connectivity index (χ3n) is 8.19. The Morgan fingerprint density at radius 2 is 1.87 bits per heavy atom. The average Bonchev–Trinajstić information content (AvgIpc) is 2.97. The minimum absolute atomic E-state index is 0.0442. The summed E-state index contributed by atoms with van der Waals surface area (Å²) in [6.45, 7) is 6.27. The molecule has 2 aromatic carbocycles. The molecular weight excluding hydrogens is 490 g/mol. The number of ether oxygens (including phenoxy) is 1. The fourth-order valence-corrected chi connectivity index (χ4v) is 5.90. The third-order valence-corrected chi connectivity index (χ3v) is 8.19. The number of rotatable bonds is 9. The zero-order valence-electron chi connectivity index (χ0n) is 23.8. The van der Waals surface area contributed by atoms with Crippen molar-refractivity contribution in [2.45, 2.75) is 70.9 Å². The molecule has 1 fully saturated rings. The van der Waals surface area contributed by atoms with Crippen molar-refractivity contribution in [2.75, 3.05) is 38.6 Å². The highest BCUT2D eigenvalue weighted by Crippen LogP contribution is 2.30. The van der Waals surface area contributed by atoms with Crippen LogP contribution >= 0.6 is 0 Å². The van der Waals surface area contributed by atoms with Crippen LogP contribution in [0.4, 0.5) is 5.69 Å². The summed E-state index contributed by atoms with van der Waals surface area (Å²) in [7, 11) is 2.17. The van der Waals surface area contributed by atoms with E-state index in [-0.39, 0.29) is 49.3 Å². The molecule has 7 nitrogen and oxygen atoms in total. The van der Waals surface area contributed by atoms with E-state index in [2.05, 4.69) is 24.2 Å².